The molecule has 20 heavy (non-hydrogen) atoms. The summed E-state index contributed by atoms with van der Waals surface area (Å²) in [5, 5.41) is 1.10. The highest BCUT2D eigenvalue weighted by atomic mass is 15.3. The number of hydrogen-bond donors (Lipinski definition) is 2. The zero-order valence-electron chi connectivity index (χ0n) is 11.5. The first-order valence-corrected chi connectivity index (χ1v) is 6.49. The number of hydrogen-bond acceptors (Lipinski definition) is 4. The number of aryl methyl sites for hydroxylation is 2. The molecule has 2 aromatic heterocycles. The van der Waals surface area contributed by atoms with Gasteiger partial charge in [-0.05, 0) is 30.7 Å². The molecule has 0 radical (unpaired) electrons. The Morgan fingerprint density at radius 1 is 1.25 bits per heavy atom. The van der Waals surface area contributed by atoms with Crippen LogP contribution in [-0.2, 0) is 7.05 Å². The van der Waals surface area contributed by atoms with E-state index in [1.54, 1.807) is 6.20 Å². The number of benzene rings is 1. The molecule has 0 saturated carbocycles. The number of hydrazine groups is 1. The van der Waals surface area contributed by atoms with Crippen LogP contribution in [-0.4, -0.2) is 14.5 Å². The first-order chi connectivity index (χ1) is 9.69. The van der Waals surface area contributed by atoms with Gasteiger partial charge >= 0.3 is 0 Å². The van der Waals surface area contributed by atoms with E-state index >= 15 is 0 Å². The smallest absolute Gasteiger partial charge is 0.131 e. The quantitative estimate of drug-likeness (QED) is 0.561. The number of nitrogens with one attached hydrogen (secondary N) is 1. The third-order valence-corrected chi connectivity index (χ3v) is 3.47. The molecule has 1 unspecified atom stereocenters. The summed E-state index contributed by atoms with van der Waals surface area (Å²) in [6.07, 6.45) is 3.68. The summed E-state index contributed by atoms with van der Waals surface area (Å²) < 4.78 is 1.96. The Bertz CT molecular complexity index is 747. The lowest BCUT2D eigenvalue weighted by Crippen LogP contribution is -2.30. The predicted octanol–water partition coefficient (Wildman–Crippen LogP) is 1.83. The van der Waals surface area contributed by atoms with E-state index in [1.807, 2.05) is 42.9 Å². The fraction of sp³-hybridized carbons (Fsp3) is 0.200. The summed E-state index contributed by atoms with van der Waals surface area (Å²) in [6, 6.07) is 10.1. The number of nitrogens with zero attached hydrogens (tertiary/aromatic N) is 3. The lowest BCUT2D eigenvalue weighted by Gasteiger charge is -2.16. The molecule has 1 aromatic carbocycles. The number of rotatable bonds is 3. The Balaban J connectivity index is 2.08. The van der Waals surface area contributed by atoms with Crippen molar-refractivity contribution in [2.24, 2.45) is 12.9 Å². The maximum Gasteiger partial charge on any atom is 0.131 e. The van der Waals surface area contributed by atoms with E-state index in [1.165, 1.54) is 0 Å². The molecule has 3 rings (SSSR count). The maximum absolute atomic E-state index is 5.71. The van der Waals surface area contributed by atoms with Crippen LogP contribution in [0.15, 0.2) is 42.7 Å². The van der Waals surface area contributed by atoms with Crippen molar-refractivity contribution in [3.63, 3.8) is 0 Å². The van der Waals surface area contributed by atoms with E-state index in [2.05, 4.69) is 27.5 Å². The monoisotopic (exact) mass is 267 g/mol. The van der Waals surface area contributed by atoms with Gasteiger partial charge in [0.1, 0.15) is 11.9 Å². The first kappa shape index (κ1) is 12.8. The molecule has 3 N–H and O–H groups in total. The topological polar surface area (TPSA) is 68.8 Å². The zero-order valence-corrected chi connectivity index (χ0v) is 11.5. The van der Waals surface area contributed by atoms with Crippen LogP contribution in [0.1, 0.15) is 23.1 Å². The largest absolute Gasteiger partial charge is 0.336 e. The molecule has 102 valence electrons. The number of pyridine rings is 1. The molecule has 2 heterocycles. The van der Waals surface area contributed by atoms with Gasteiger partial charge in [-0.3, -0.25) is 10.8 Å². The Labute approximate surface area is 117 Å². The van der Waals surface area contributed by atoms with Gasteiger partial charge in [0.2, 0.25) is 0 Å². The molecule has 0 bridgehead atoms. The third-order valence-electron chi connectivity index (χ3n) is 3.47. The highest BCUT2D eigenvalue weighted by molar-refractivity contribution is 5.79. The number of imidazole rings is 1. The SMILES string of the molecule is Cc1ccc2cc(C(NN)c3nccn3C)ccc2n1. The summed E-state index contributed by atoms with van der Waals surface area (Å²) in [5.74, 6) is 6.60. The lowest BCUT2D eigenvalue weighted by atomic mass is 10.0. The van der Waals surface area contributed by atoms with Gasteiger partial charge in [0.15, 0.2) is 0 Å². The number of fused-ring (bicyclic) bond motifs is 1. The van der Waals surface area contributed by atoms with E-state index in [4.69, 9.17) is 5.84 Å². The lowest BCUT2D eigenvalue weighted by molar-refractivity contribution is 0.580. The van der Waals surface area contributed by atoms with E-state index in [-0.39, 0.29) is 6.04 Å². The minimum absolute atomic E-state index is 0.138. The van der Waals surface area contributed by atoms with Crippen molar-refractivity contribution in [2.75, 3.05) is 0 Å². The van der Waals surface area contributed by atoms with Gasteiger partial charge in [-0.1, -0.05) is 12.1 Å². The van der Waals surface area contributed by atoms with Crippen LogP contribution in [0.3, 0.4) is 0 Å². The summed E-state index contributed by atoms with van der Waals surface area (Å²) >= 11 is 0. The van der Waals surface area contributed by atoms with Crippen molar-refractivity contribution >= 4 is 10.9 Å². The molecule has 0 saturated heterocycles. The van der Waals surface area contributed by atoms with E-state index in [9.17, 15) is 0 Å². The molecule has 0 aliphatic heterocycles. The van der Waals surface area contributed by atoms with Crippen LogP contribution in [0, 0.1) is 6.92 Å². The Hall–Kier alpha value is -2.24. The predicted molar refractivity (Wildman–Crippen MR) is 78.9 cm³/mol. The Morgan fingerprint density at radius 3 is 2.80 bits per heavy atom. The molecule has 1 atom stereocenters. The van der Waals surface area contributed by atoms with Gasteiger partial charge < -0.3 is 4.57 Å². The van der Waals surface area contributed by atoms with E-state index in [0.717, 1.165) is 28.0 Å². The minimum atomic E-state index is -0.138. The van der Waals surface area contributed by atoms with Gasteiger partial charge in [0, 0.05) is 30.5 Å². The second-order valence-electron chi connectivity index (χ2n) is 4.90. The van der Waals surface area contributed by atoms with Gasteiger partial charge in [-0.2, -0.15) is 0 Å². The van der Waals surface area contributed by atoms with Crippen LogP contribution >= 0.6 is 0 Å². The maximum atomic E-state index is 5.71. The van der Waals surface area contributed by atoms with Crippen molar-refractivity contribution in [1.29, 1.82) is 0 Å². The average molecular weight is 267 g/mol. The fourth-order valence-corrected chi connectivity index (χ4v) is 2.40. The second kappa shape index (κ2) is 5.03. The van der Waals surface area contributed by atoms with Crippen molar-refractivity contribution in [2.45, 2.75) is 13.0 Å². The van der Waals surface area contributed by atoms with Gasteiger partial charge in [-0.25, -0.2) is 10.4 Å². The molecule has 0 amide bonds. The van der Waals surface area contributed by atoms with Crippen LogP contribution in [0.2, 0.25) is 0 Å². The summed E-state index contributed by atoms with van der Waals surface area (Å²) in [6.45, 7) is 1.99. The molecule has 0 aliphatic carbocycles. The normalized spacial score (nSPS) is 12.8. The summed E-state index contributed by atoms with van der Waals surface area (Å²) in [4.78, 5) is 8.87. The number of aromatic nitrogens is 3. The zero-order chi connectivity index (χ0) is 14.1. The molecular weight excluding hydrogens is 250 g/mol. The van der Waals surface area contributed by atoms with Crippen LogP contribution in [0.5, 0.6) is 0 Å². The summed E-state index contributed by atoms with van der Waals surface area (Å²) in [7, 11) is 1.96. The highest BCUT2D eigenvalue weighted by Crippen LogP contribution is 2.23. The van der Waals surface area contributed by atoms with Gasteiger partial charge in [0.25, 0.3) is 0 Å². The molecular formula is C15H17N5. The van der Waals surface area contributed by atoms with Crippen LogP contribution in [0.25, 0.3) is 10.9 Å². The van der Waals surface area contributed by atoms with Crippen LogP contribution < -0.4 is 11.3 Å². The van der Waals surface area contributed by atoms with Crippen molar-refractivity contribution in [1.82, 2.24) is 20.0 Å². The number of nitrogens with two attached hydrogens (primary N) is 1. The van der Waals surface area contributed by atoms with E-state index in [0.29, 0.717) is 0 Å². The van der Waals surface area contributed by atoms with Gasteiger partial charge in [0.05, 0.1) is 5.52 Å². The third kappa shape index (κ3) is 2.17. The molecule has 0 aliphatic rings. The summed E-state index contributed by atoms with van der Waals surface area (Å²) in [5.41, 5.74) is 5.91. The average Bonchev–Trinajstić information content (AvgIpc) is 2.86. The van der Waals surface area contributed by atoms with Crippen molar-refractivity contribution in [3.8, 4) is 0 Å². The molecule has 0 spiro atoms. The molecule has 5 nitrogen and oxygen atoms in total. The Kier molecular flexibility index (Phi) is 3.22. The Morgan fingerprint density at radius 2 is 2.10 bits per heavy atom. The molecule has 5 heteroatoms. The van der Waals surface area contributed by atoms with E-state index < -0.39 is 0 Å². The second-order valence-corrected chi connectivity index (χ2v) is 4.90. The first-order valence-electron chi connectivity index (χ1n) is 6.49. The standard InChI is InChI=1S/C15H17N5/c1-10-3-4-11-9-12(5-6-13(11)18-10)14(19-16)15-17-7-8-20(15)2/h3-9,14,19H,16H2,1-2H3. The van der Waals surface area contributed by atoms with Gasteiger partial charge in [-0.15, -0.1) is 0 Å². The molecule has 0 fully saturated rings. The van der Waals surface area contributed by atoms with Crippen molar-refractivity contribution in [3.05, 3.63) is 59.8 Å². The van der Waals surface area contributed by atoms with Crippen molar-refractivity contribution < 1.29 is 0 Å². The molecule has 3 aromatic rings. The minimum Gasteiger partial charge on any atom is -0.336 e. The highest BCUT2D eigenvalue weighted by Gasteiger charge is 2.16. The van der Waals surface area contributed by atoms with Crippen LogP contribution in [0.4, 0.5) is 0 Å². The fourth-order valence-electron chi connectivity index (χ4n) is 2.40.